The van der Waals surface area contributed by atoms with Crippen LogP contribution in [0.4, 0.5) is 5.69 Å². The highest BCUT2D eigenvalue weighted by molar-refractivity contribution is 7.89. The van der Waals surface area contributed by atoms with Crippen LogP contribution in [0.5, 0.6) is 5.75 Å². The topological polar surface area (TPSA) is 79.0 Å². The number of piperazine rings is 1. The van der Waals surface area contributed by atoms with E-state index < -0.39 is 10.0 Å². The average molecular weight is 404 g/mol. The highest BCUT2D eigenvalue weighted by Gasteiger charge is 2.31. The normalized spacial score (nSPS) is 17.1. The molecule has 7 nitrogen and oxygen atoms in total. The van der Waals surface area contributed by atoms with Crippen molar-refractivity contribution in [3.63, 3.8) is 0 Å². The third-order valence-electron chi connectivity index (χ3n) is 4.94. The molecule has 1 aliphatic rings. The summed E-state index contributed by atoms with van der Waals surface area (Å²) in [4.78, 5) is 14.7. The van der Waals surface area contributed by atoms with Crippen LogP contribution in [0.3, 0.4) is 0 Å². The molecule has 0 saturated carbocycles. The lowest BCUT2D eigenvalue weighted by atomic mass is 10.2. The van der Waals surface area contributed by atoms with Crippen LogP contribution in [0.2, 0.25) is 0 Å². The lowest BCUT2D eigenvalue weighted by Crippen LogP contribution is -2.53. The molecule has 3 rings (SSSR count). The standard InChI is InChI=1S/C20H25N3O4S/c1-16(20(24)21-17-6-4-3-5-7-17)22-12-14-23(15-13-22)28(25,26)19-10-8-18(27-2)9-11-19/h3-11,16H,12-15H2,1-2H3,(H,21,24). The van der Waals surface area contributed by atoms with Gasteiger partial charge in [-0.3, -0.25) is 9.69 Å². The van der Waals surface area contributed by atoms with Gasteiger partial charge in [0.1, 0.15) is 5.75 Å². The molecule has 1 saturated heterocycles. The molecule has 28 heavy (non-hydrogen) atoms. The van der Waals surface area contributed by atoms with Crippen LogP contribution in [0.25, 0.3) is 0 Å². The van der Waals surface area contributed by atoms with E-state index in [9.17, 15) is 13.2 Å². The highest BCUT2D eigenvalue weighted by Crippen LogP contribution is 2.21. The molecule has 0 spiro atoms. The van der Waals surface area contributed by atoms with E-state index in [1.54, 1.807) is 24.3 Å². The summed E-state index contributed by atoms with van der Waals surface area (Å²) >= 11 is 0. The number of carbonyl (C=O) groups excluding carboxylic acids is 1. The summed E-state index contributed by atoms with van der Waals surface area (Å²) < 4.78 is 32.2. The zero-order valence-corrected chi connectivity index (χ0v) is 16.9. The number of para-hydroxylation sites is 1. The Morgan fingerprint density at radius 2 is 1.61 bits per heavy atom. The predicted octanol–water partition coefficient (Wildman–Crippen LogP) is 2.03. The van der Waals surface area contributed by atoms with Crippen LogP contribution >= 0.6 is 0 Å². The smallest absolute Gasteiger partial charge is 0.243 e. The van der Waals surface area contributed by atoms with Gasteiger partial charge in [-0.25, -0.2) is 8.42 Å². The summed E-state index contributed by atoms with van der Waals surface area (Å²) in [6, 6.07) is 15.3. The molecular weight excluding hydrogens is 378 g/mol. The van der Waals surface area contributed by atoms with Gasteiger partial charge in [-0.05, 0) is 43.3 Å². The Bertz CT molecular complexity index is 893. The quantitative estimate of drug-likeness (QED) is 0.798. The Kier molecular flexibility index (Phi) is 6.33. The van der Waals surface area contributed by atoms with Crippen molar-refractivity contribution in [2.45, 2.75) is 17.9 Å². The molecule has 0 bridgehead atoms. The molecule has 1 N–H and O–H groups in total. The number of anilines is 1. The first-order valence-electron chi connectivity index (χ1n) is 9.16. The third kappa shape index (κ3) is 4.52. The predicted molar refractivity (Wildman–Crippen MR) is 108 cm³/mol. The van der Waals surface area contributed by atoms with Crippen molar-refractivity contribution >= 4 is 21.6 Å². The monoisotopic (exact) mass is 403 g/mol. The lowest BCUT2D eigenvalue weighted by molar-refractivity contribution is -0.121. The van der Waals surface area contributed by atoms with E-state index in [4.69, 9.17) is 4.74 Å². The lowest BCUT2D eigenvalue weighted by Gasteiger charge is -2.36. The van der Waals surface area contributed by atoms with E-state index in [1.165, 1.54) is 11.4 Å². The average Bonchev–Trinajstić information content (AvgIpc) is 2.74. The minimum atomic E-state index is -3.55. The van der Waals surface area contributed by atoms with Crippen molar-refractivity contribution in [1.82, 2.24) is 9.21 Å². The van der Waals surface area contributed by atoms with Gasteiger partial charge in [0.05, 0.1) is 18.0 Å². The van der Waals surface area contributed by atoms with E-state index in [1.807, 2.05) is 42.2 Å². The SMILES string of the molecule is COc1ccc(S(=O)(=O)N2CCN(C(C)C(=O)Nc3ccccc3)CC2)cc1. The van der Waals surface area contributed by atoms with E-state index in [2.05, 4.69) is 5.32 Å². The maximum absolute atomic E-state index is 12.8. The van der Waals surface area contributed by atoms with Gasteiger partial charge in [0.25, 0.3) is 0 Å². The van der Waals surface area contributed by atoms with Crippen LogP contribution < -0.4 is 10.1 Å². The minimum absolute atomic E-state index is 0.0994. The minimum Gasteiger partial charge on any atom is -0.497 e. The molecule has 0 radical (unpaired) electrons. The maximum Gasteiger partial charge on any atom is 0.243 e. The van der Waals surface area contributed by atoms with Crippen LogP contribution in [-0.2, 0) is 14.8 Å². The number of nitrogens with zero attached hydrogens (tertiary/aromatic N) is 2. The van der Waals surface area contributed by atoms with Crippen molar-refractivity contribution in [2.24, 2.45) is 0 Å². The second kappa shape index (κ2) is 8.72. The number of rotatable bonds is 6. The number of ether oxygens (including phenoxy) is 1. The second-order valence-electron chi connectivity index (χ2n) is 6.65. The number of nitrogens with one attached hydrogen (secondary N) is 1. The van der Waals surface area contributed by atoms with Crippen molar-refractivity contribution in [3.05, 3.63) is 54.6 Å². The zero-order valence-electron chi connectivity index (χ0n) is 16.0. The van der Waals surface area contributed by atoms with Crippen molar-refractivity contribution in [2.75, 3.05) is 38.6 Å². The molecule has 2 aromatic rings. The number of carbonyl (C=O) groups is 1. The number of sulfonamides is 1. The van der Waals surface area contributed by atoms with E-state index in [0.717, 1.165) is 5.69 Å². The third-order valence-corrected chi connectivity index (χ3v) is 6.85. The largest absolute Gasteiger partial charge is 0.497 e. The van der Waals surface area contributed by atoms with Gasteiger partial charge >= 0.3 is 0 Å². The van der Waals surface area contributed by atoms with Gasteiger partial charge in [-0.2, -0.15) is 4.31 Å². The molecule has 1 amide bonds. The fraction of sp³-hybridized carbons (Fsp3) is 0.350. The Hall–Kier alpha value is -2.42. The molecule has 1 atom stereocenters. The number of hydrogen-bond donors (Lipinski definition) is 1. The number of hydrogen-bond acceptors (Lipinski definition) is 5. The number of amides is 1. The summed E-state index contributed by atoms with van der Waals surface area (Å²) in [5, 5.41) is 2.89. The van der Waals surface area contributed by atoms with Crippen LogP contribution in [0.15, 0.2) is 59.5 Å². The number of benzene rings is 2. The molecular formula is C20H25N3O4S. The molecule has 1 unspecified atom stereocenters. The van der Waals surface area contributed by atoms with Gasteiger partial charge in [-0.1, -0.05) is 18.2 Å². The molecule has 1 fully saturated rings. The molecule has 1 heterocycles. The maximum atomic E-state index is 12.8. The highest BCUT2D eigenvalue weighted by atomic mass is 32.2. The molecule has 1 aliphatic heterocycles. The van der Waals surface area contributed by atoms with Crippen molar-refractivity contribution < 1.29 is 17.9 Å². The summed E-state index contributed by atoms with van der Waals surface area (Å²) in [6.45, 7) is 3.53. The second-order valence-corrected chi connectivity index (χ2v) is 8.58. The van der Waals surface area contributed by atoms with Crippen LogP contribution in [0, 0.1) is 0 Å². The molecule has 2 aromatic carbocycles. The first-order valence-corrected chi connectivity index (χ1v) is 10.6. The fourth-order valence-corrected chi connectivity index (χ4v) is 4.58. The van der Waals surface area contributed by atoms with Crippen LogP contribution in [0.1, 0.15) is 6.92 Å². The molecule has 8 heteroatoms. The van der Waals surface area contributed by atoms with E-state index in [-0.39, 0.29) is 16.8 Å². The Morgan fingerprint density at radius 3 is 2.18 bits per heavy atom. The van der Waals surface area contributed by atoms with Crippen LogP contribution in [-0.4, -0.2) is 62.9 Å². The first kappa shape index (κ1) is 20.3. The molecule has 0 aliphatic carbocycles. The summed E-state index contributed by atoms with van der Waals surface area (Å²) in [6.07, 6.45) is 0. The van der Waals surface area contributed by atoms with Gasteiger partial charge < -0.3 is 10.1 Å². The van der Waals surface area contributed by atoms with E-state index >= 15 is 0 Å². The molecule has 150 valence electrons. The Labute approximate surface area is 166 Å². The fourth-order valence-electron chi connectivity index (χ4n) is 3.16. The van der Waals surface area contributed by atoms with Crippen molar-refractivity contribution in [3.8, 4) is 5.75 Å². The molecule has 0 aromatic heterocycles. The van der Waals surface area contributed by atoms with E-state index in [0.29, 0.717) is 31.9 Å². The Morgan fingerprint density at radius 1 is 1.00 bits per heavy atom. The Balaban J connectivity index is 1.59. The van der Waals surface area contributed by atoms with Gasteiger partial charge in [-0.15, -0.1) is 0 Å². The summed E-state index contributed by atoms with van der Waals surface area (Å²) in [5.74, 6) is 0.514. The van der Waals surface area contributed by atoms with Gasteiger partial charge in [0.2, 0.25) is 15.9 Å². The zero-order chi connectivity index (χ0) is 20.1. The van der Waals surface area contributed by atoms with Gasteiger partial charge in [0, 0.05) is 31.9 Å². The summed E-state index contributed by atoms with van der Waals surface area (Å²) in [5.41, 5.74) is 0.750. The number of methoxy groups -OCH3 is 1. The van der Waals surface area contributed by atoms with Gasteiger partial charge in [0.15, 0.2) is 0 Å². The van der Waals surface area contributed by atoms with Crippen molar-refractivity contribution in [1.29, 1.82) is 0 Å². The summed E-state index contributed by atoms with van der Waals surface area (Å²) in [7, 11) is -2.01. The first-order chi connectivity index (χ1) is 13.4.